The van der Waals surface area contributed by atoms with Crippen molar-refractivity contribution in [3.63, 3.8) is 0 Å². The van der Waals surface area contributed by atoms with Crippen LogP contribution in [0, 0.1) is 11.3 Å². The van der Waals surface area contributed by atoms with Crippen molar-refractivity contribution in [3.05, 3.63) is 65.2 Å². The van der Waals surface area contributed by atoms with Gasteiger partial charge in [-0.1, -0.05) is 18.2 Å². The second-order valence-corrected chi connectivity index (χ2v) is 6.43. The summed E-state index contributed by atoms with van der Waals surface area (Å²) in [5.41, 5.74) is -0.341. The van der Waals surface area contributed by atoms with Gasteiger partial charge in [0.1, 0.15) is 0 Å². The SMILES string of the molecule is N#Cc1ccc(S(=O)(=O)NCc2cccc(C(F)(F)F)c2)cc1. The average molecular weight is 340 g/mol. The minimum atomic E-state index is -4.48. The topological polar surface area (TPSA) is 70.0 Å². The summed E-state index contributed by atoms with van der Waals surface area (Å²) in [4.78, 5) is -0.0662. The van der Waals surface area contributed by atoms with Gasteiger partial charge in [-0.15, -0.1) is 0 Å². The second kappa shape index (κ2) is 6.40. The Hall–Kier alpha value is -2.37. The van der Waals surface area contributed by atoms with E-state index in [2.05, 4.69) is 4.72 Å². The number of rotatable bonds is 4. The maximum absolute atomic E-state index is 12.6. The van der Waals surface area contributed by atoms with Gasteiger partial charge in [-0.2, -0.15) is 18.4 Å². The van der Waals surface area contributed by atoms with E-state index in [1.54, 1.807) is 0 Å². The maximum Gasteiger partial charge on any atom is 0.416 e. The first-order chi connectivity index (χ1) is 10.7. The van der Waals surface area contributed by atoms with Crippen LogP contribution in [0.3, 0.4) is 0 Å². The van der Waals surface area contributed by atoms with Gasteiger partial charge in [-0.05, 0) is 35.9 Å². The van der Waals surface area contributed by atoms with Crippen molar-refractivity contribution in [3.8, 4) is 6.07 Å². The van der Waals surface area contributed by atoms with Crippen LogP contribution in [0.1, 0.15) is 16.7 Å². The van der Waals surface area contributed by atoms with Crippen LogP contribution in [0.4, 0.5) is 13.2 Å². The smallest absolute Gasteiger partial charge is 0.207 e. The van der Waals surface area contributed by atoms with Crippen molar-refractivity contribution in [1.29, 1.82) is 5.26 Å². The summed E-state index contributed by atoms with van der Waals surface area (Å²) in [5, 5.41) is 8.67. The Morgan fingerprint density at radius 2 is 1.74 bits per heavy atom. The number of hydrogen-bond acceptors (Lipinski definition) is 3. The predicted molar refractivity (Wildman–Crippen MR) is 76.6 cm³/mol. The third kappa shape index (κ3) is 4.31. The number of alkyl halides is 3. The molecule has 0 saturated carbocycles. The molecule has 0 amide bonds. The standard InChI is InChI=1S/C15H11F3N2O2S/c16-15(17,18)13-3-1-2-12(8-13)10-20-23(21,22)14-6-4-11(9-19)5-7-14/h1-8,20H,10H2. The number of sulfonamides is 1. The summed E-state index contributed by atoms with van der Waals surface area (Å²) >= 11 is 0. The highest BCUT2D eigenvalue weighted by Crippen LogP contribution is 2.29. The van der Waals surface area contributed by atoms with Crippen LogP contribution >= 0.6 is 0 Å². The van der Waals surface area contributed by atoms with Crippen molar-refractivity contribution >= 4 is 10.0 Å². The summed E-state index contributed by atoms with van der Waals surface area (Å²) in [6, 6.07) is 11.5. The van der Waals surface area contributed by atoms with Crippen LogP contribution in [0.25, 0.3) is 0 Å². The number of nitriles is 1. The maximum atomic E-state index is 12.6. The van der Waals surface area contributed by atoms with E-state index >= 15 is 0 Å². The van der Waals surface area contributed by atoms with E-state index < -0.39 is 21.8 Å². The molecule has 0 aliphatic rings. The first kappa shape index (κ1) is 17.0. The van der Waals surface area contributed by atoms with E-state index in [9.17, 15) is 21.6 Å². The molecular weight excluding hydrogens is 329 g/mol. The zero-order valence-corrected chi connectivity index (χ0v) is 12.4. The van der Waals surface area contributed by atoms with Gasteiger partial charge in [0, 0.05) is 6.54 Å². The van der Waals surface area contributed by atoms with Crippen molar-refractivity contribution in [2.24, 2.45) is 0 Å². The monoisotopic (exact) mass is 340 g/mol. The normalized spacial score (nSPS) is 11.9. The Labute approximate surface area is 131 Å². The van der Waals surface area contributed by atoms with E-state index in [0.29, 0.717) is 5.56 Å². The molecule has 120 valence electrons. The summed E-state index contributed by atoms with van der Waals surface area (Å²) in [7, 11) is -3.87. The van der Waals surface area contributed by atoms with Gasteiger partial charge in [0.05, 0.1) is 22.1 Å². The second-order valence-electron chi connectivity index (χ2n) is 4.66. The van der Waals surface area contributed by atoms with Crippen molar-refractivity contribution in [1.82, 2.24) is 4.72 Å². The van der Waals surface area contributed by atoms with Gasteiger partial charge in [0.15, 0.2) is 0 Å². The molecule has 0 aromatic heterocycles. The van der Waals surface area contributed by atoms with Crippen molar-refractivity contribution in [2.45, 2.75) is 17.6 Å². The summed E-state index contributed by atoms with van der Waals surface area (Å²) in [6.07, 6.45) is -4.48. The third-order valence-corrected chi connectivity index (χ3v) is 4.43. The molecular formula is C15H11F3N2O2S. The molecule has 0 fully saturated rings. The van der Waals surface area contributed by atoms with E-state index in [1.807, 2.05) is 6.07 Å². The number of nitrogens with one attached hydrogen (secondary N) is 1. The van der Waals surface area contributed by atoms with E-state index in [0.717, 1.165) is 12.1 Å². The third-order valence-electron chi connectivity index (χ3n) is 3.01. The number of nitrogens with zero attached hydrogens (tertiary/aromatic N) is 1. The first-order valence-electron chi connectivity index (χ1n) is 6.38. The molecule has 0 atom stereocenters. The molecule has 0 unspecified atom stereocenters. The van der Waals surface area contributed by atoms with E-state index in [1.165, 1.54) is 36.4 Å². The zero-order chi connectivity index (χ0) is 17.1. The molecule has 0 aliphatic carbocycles. The Balaban J connectivity index is 2.14. The molecule has 23 heavy (non-hydrogen) atoms. The predicted octanol–water partition coefficient (Wildman–Crippen LogP) is 3.06. The molecule has 8 heteroatoms. The van der Waals surface area contributed by atoms with Gasteiger partial charge in [0.2, 0.25) is 10.0 Å². The highest BCUT2D eigenvalue weighted by molar-refractivity contribution is 7.89. The molecule has 0 spiro atoms. The lowest BCUT2D eigenvalue weighted by molar-refractivity contribution is -0.137. The molecule has 2 rings (SSSR count). The van der Waals surface area contributed by atoms with Crippen LogP contribution in [-0.4, -0.2) is 8.42 Å². The van der Waals surface area contributed by atoms with Crippen LogP contribution in [0.2, 0.25) is 0 Å². The van der Waals surface area contributed by atoms with Gasteiger partial charge in [0.25, 0.3) is 0 Å². The number of hydrogen-bond donors (Lipinski definition) is 1. The number of benzene rings is 2. The molecule has 2 aromatic carbocycles. The van der Waals surface area contributed by atoms with Crippen molar-refractivity contribution < 1.29 is 21.6 Å². The zero-order valence-electron chi connectivity index (χ0n) is 11.6. The molecule has 0 aliphatic heterocycles. The van der Waals surface area contributed by atoms with Gasteiger partial charge < -0.3 is 0 Å². The highest BCUT2D eigenvalue weighted by atomic mass is 32.2. The first-order valence-corrected chi connectivity index (χ1v) is 7.87. The van der Waals surface area contributed by atoms with Crippen LogP contribution < -0.4 is 4.72 Å². The minimum Gasteiger partial charge on any atom is -0.207 e. The quantitative estimate of drug-likeness (QED) is 0.930. The summed E-state index contributed by atoms with van der Waals surface area (Å²) in [6.45, 7) is -0.272. The lowest BCUT2D eigenvalue weighted by Gasteiger charge is -2.10. The largest absolute Gasteiger partial charge is 0.416 e. The molecule has 0 radical (unpaired) electrons. The molecule has 0 bridgehead atoms. The Morgan fingerprint density at radius 1 is 1.09 bits per heavy atom. The average Bonchev–Trinajstić information content (AvgIpc) is 2.52. The van der Waals surface area contributed by atoms with E-state index in [-0.39, 0.29) is 17.0 Å². The molecule has 4 nitrogen and oxygen atoms in total. The number of halogens is 3. The molecule has 2 aromatic rings. The fourth-order valence-electron chi connectivity index (χ4n) is 1.83. The Kier molecular flexibility index (Phi) is 4.73. The highest BCUT2D eigenvalue weighted by Gasteiger charge is 2.30. The van der Waals surface area contributed by atoms with Crippen LogP contribution in [-0.2, 0) is 22.7 Å². The van der Waals surface area contributed by atoms with Gasteiger partial charge >= 0.3 is 6.18 Å². The lowest BCUT2D eigenvalue weighted by Crippen LogP contribution is -2.23. The molecule has 0 saturated heterocycles. The Morgan fingerprint density at radius 3 is 2.30 bits per heavy atom. The van der Waals surface area contributed by atoms with E-state index in [4.69, 9.17) is 5.26 Å². The van der Waals surface area contributed by atoms with Gasteiger partial charge in [-0.25, -0.2) is 13.1 Å². The van der Waals surface area contributed by atoms with Crippen LogP contribution in [0.15, 0.2) is 53.4 Å². The van der Waals surface area contributed by atoms with Crippen LogP contribution in [0.5, 0.6) is 0 Å². The summed E-state index contributed by atoms with van der Waals surface area (Å²) in [5.74, 6) is 0. The molecule has 0 heterocycles. The minimum absolute atomic E-state index is 0.0662. The van der Waals surface area contributed by atoms with Crippen molar-refractivity contribution in [2.75, 3.05) is 0 Å². The lowest BCUT2D eigenvalue weighted by atomic mass is 10.1. The molecule has 1 N–H and O–H groups in total. The summed E-state index contributed by atoms with van der Waals surface area (Å²) < 4.78 is 64.2. The Bertz CT molecular complexity index is 838. The fourth-order valence-corrected chi connectivity index (χ4v) is 2.85. The fraction of sp³-hybridized carbons (Fsp3) is 0.133. The van der Waals surface area contributed by atoms with Gasteiger partial charge in [-0.3, -0.25) is 0 Å².